The summed E-state index contributed by atoms with van der Waals surface area (Å²) in [5.74, 6) is 0. The lowest BCUT2D eigenvalue weighted by atomic mass is 10.1. The first-order valence-electron chi connectivity index (χ1n) is 9.91. The molecule has 2 rings (SSSR count). The normalized spacial score (nSPS) is 12.2. The van der Waals surface area contributed by atoms with E-state index in [1.807, 2.05) is 0 Å². The van der Waals surface area contributed by atoms with Crippen LogP contribution in [0.4, 0.5) is 0 Å². The van der Waals surface area contributed by atoms with Gasteiger partial charge in [0.25, 0.3) is 0 Å². The maximum absolute atomic E-state index is 6.65. The molecule has 0 atom stereocenters. The van der Waals surface area contributed by atoms with Crippen molar-refractivity contribution in [2.24, 2.45) is 0 Å². The molecule has 2 aromatic rings. The highest BCUT2D eigenvalue weighted by Crippen LogP contribution is 2.28. The van der Waals surface area contributed by atoms with E-state index in [0.717, 1.165) is 19.4 Å². The average Bonchev–Trinajstić information content (AvgIpc) is 2.99. The molecular weight excluding hydrogens is 310 g/mol. The number of hydrogen-bond donors (Lipinski definition) is 1. The minimum Gasteiger partial charge on any atom is -0.416 e. The Morgan fingerprint density at radius 2 is 1.58 bits per heavy atom. The van der Waals surface area contributed by atoms with Gasteiger partial charge in [-0.1, -0.05) is 65.2 Å². The first-order valence-corrected chi connectivity index (χ1v) is 12.4. The van der Waals surface area contributed by atoms with E-state index >= 15 is 0 Å². The van der Waals surface area contributed by atoms with E-state index in [2.05, 4.69) is 57.1 Å². The van der Waals surface area contributed by atoms with Gasteiger partial charge in [0.2, 0.25) is 0 Å². The fourth-order valence-electron chi connectivity index (χ4n) is 4.11. The molecule has 0 aliphatic rings. The van der Waals surface area contributed by atoms with E-state index in [4.69, 9.17) is 4.43 Å². The van der Waals surface area contributed by atoms with Crippen molar-refractivity contribution in [3.63, 3.8) is 0 Å². The first-order chi connectivity index (χ1) is 11.7. The molecule has 0 amide bonds. The van der Waals surface area contributed by atoms with Crippen molar-refractivity contribution in [1.29, 1.82) is 0 Å². The number of aromatic amines is 1. The lowest BCUT2D eigenvalue weighted by Crippen LogP contribution is -2.38. The van der Waals surface area contributed by atoms with E-state index in [1.165, 1.54) is 59.4 Å². The third kappa shape index (κ3) is 4.51. The summed E-state index contributed by atoms with van der Waals surface area (Å²) in [5, 5.41) is 1.38. The lowest BCUT2D eigenvalue weighted by molar-refractivity contribution is 0.299. The Kier molecular flexibility index (Phi) is 7.57. The van der Waals surface area contributed by atoms with Gasteiger partial charge in [0.1, 0.15) is 0 Å². The van der Waals surface area contributed by atoms with Gasteiger partial charge in [-0.3, -0.25) is 0 Å². The molecule has 0 radical (unpaired) electrons. The van der Waals surface area contributed by atoms with E-state index in [1.54, 1.807) is 0 Å². The van der Waals surface area contributed by atoms with Crippen LogP contribution in [-0.2, 0) is 17.3 Å². The van der Waals surface area contributed by atoms with Crippen LogP contribution in [0.2, 0.25) is 18.1 Å². The van der Waals surface area contributed by atoms with Crippen molar-refractivity contribution in [1.82, 2.24) is 4.98 Å². The second-order valence-corrected chi connectivity index (χ2v) is 11.2. The van der Waals surface area contributed by atoms with Crippen molar-refractivity contribution in [3.8, 4) is 0 Å². The highest BCUT2D eigenvalue weighted by molar-refractivity contribution is 6.73. The van der Waals surface area contributed by atoms with Gasteiger partial charge in [0.05, 0.1) is 0 Å². The number of aryl methyl sites for hydroxylation is 1. The predicted octanol–water partition coefficient (Wildman–Crippen LogP) is 6.46. The van der Waals surface area contributed by atoms with Crippen LogP contribution in [0.5, 0.6) is 0 Å². The molecule has 2 nitrogen and oxygen atoms in total. The Hall–Kier alpha value is -1.06. The number of benzene rings is 1. The number of rotatable bonds is 11. The van der Waals surface area contributed by atoms with E-state index in [0.29, 0.717) is 0 Å². The molecule has 1 aromatic carbocycles. The van der Waals surface area contributed by atoms with Crippen LogP contribution in [0.1, 0.15) is 58.1 Å². The SMILES string of the molecule is CCC[Si](CCC)(CCC)OCCc1c[nH]c2c(CC)cccc12. The quantitative estimate of drug-likeness (QED) is 0.464. The summed E-state index contributed by atoms with van der Waals surface area (Å²) in [6.07, 6.45) is 8.08. The highest BCUT2D eigenvalue weighted by Gasteiger charge is 2.31. The number of para-hydroxylation sites is 1. The Labute approximate surface area is 149 Å². The molecule has 1 aromatic heterocycles. The number of H-pyrrole nitrogens is 1. The molecule has 134 valence electrons. The van der Waals surface area contributed by atoms with Crippen LogP contribution in [0, 0.1) is 0 Å². The molecular formula is C21H35NOSi. The third-order valence-electron chi connectivity index (χ3n) is 5.16. The molecule has 0 aliphatic heterocycles. The number of nitrogens with one attached hydrogen (secondary N) is 1. The summed E-state index contributed by atoms with van der Waals surface area (Å²) in [4.78, 5) is 3.49. The number of fused-ring (bicyclic) bond motifs is 1. The maximum atomic E-state index is 6.65. The molecule has 0 fully saturated rings. The zero-order chi connectivity index (χ0) is 17.4. The van der Waals surface area contributed by atoms with Crippen LogP contribution in [0.25, 0.3) is 10.9 Å². The second kappa shape index (κ2) is 9.43. The summed E-state index contributed by atoms with van der Waals surface area (Å²) < 4.78 is 6.65. The second-order valence-electron chi connectivity index (χ2n) is 7.04. The van der Waals surface area contributed by atoms with Crippen LogP contribution in [0.3, 0.4) is 0 Å². The topological polar surface area (TPSA) is 25.0 Å². The van der Waals surface area contributed by atoms with Gasteiger partial charge in [0, 0.05) is 23.7 Å². The molecule has 3 heteroatoms. The van der Waals surface area contributed by atoms with Gasteiger partial charge in [0.15, 0.2) is 8.32 Å². The van der Waals surface area contributed by atoms with Crippen molar-refractivity contribution in [3.05, 3.63) is 35.5 Å². The van der Waals surface area contributed by atoms with Gasteiger partial charge in [-0.15, -0.1) is 0 Å². The summed E-state index contributed by atoms with van der Waals surface area (Å²) in [5.41, 5.74) is 4.13. The zero-order valence-corrected chi connectivity index (χ0v) is 17.1. The Morgan fingerprint density at radius 3 is 2.17 bits per heavy atom. The van der Waals surface area contributed by atoms with Crippen molar-refractivity contribution in [2.45, 2.75) is 77.9 Å². The van der Waals surface area contributed by atoms with Crippen LogP contribution >= 0.6 is 0 Å². The fourth-order valence-corrected chi connectivity index (χ4v) is 8.56. The summed E-state index contributed by atoms with van der Waals surface area (Å²) in [6, 6.07) is 10.6. The monoisotopic (exact) mass is 345 g/mol. The highest BCUT2D eigenvalue weighted by atomic mass is 28.4. The minimum atomic E-state index is -1.52. The van der Waals surface area contributed by atoms with E-state index in [-0.39, 0.29) is 0 Å². The zero-order valence-electron chi connectivity index (χ0n) is 16.1. The van der Waals surface area contributed by atoms with Gasteiger partial charge >= 0.3 is 0 Å². The number of aromatic nitrogens is 1. The maximum Gasteiger partial charge on any atom is 0.192 e. The van der Waals surface area contributed by atoms with Crippen molar-refractivity contribution >= 4 is 19.2 Å². The third-order valence-corrected chi connectivity index (χ3v) is 10.2. The minimum absolute atomic E-state index is 0.884. The van der Waals surface area contributed by atoms with Gasteiger partial charge < -0.3 is 9.41 Å². The molecule has 0 saturated carbocycles. The lowest BCUT2D eigenvalue weighted by Gasteiger charge is -2.31. The summed E-state index contributed by atoms with van der Waals surface area (Å²) in [7, 11) is -1.52. The predicted molar refractivity (Wildman–Crippen MR) is 108 cm³/mol. The van der Waals surface area contributed by atoms with E-state index in [9.17, 15) is 0 Å². The van der Waals surface area contributed by atoms with Crippen LogP contribution in [-0.4, -0.2) is 19.9 Å². The van der Waals surface area contributed by atoms with Gasteiger partial charge in [-0.2, -0.15) is 0 Å². The Bertz CT molecular complexity index is 602. The fraction of sp³-hybridized carbons (Fsp3) is 0.619. The van der Waals surface area contributed by atoms with Crippen molar-refractivity contribution < 1.29 is 4.43 Å². The van der Waals surface area contributed by atoms with Crippen molar-refractivity contribution in [2.75, 3.05) is 6.61 Å². The molecule has 0 saturated heterocycles. The number of hydrogen-bond acceptors (Lipinski definition) is 1. The standard InChI is InChI=1S/C21H35NOSi/c1-5-14-24(15-6-2,16-7-3)23-13-12-19-17-22-21-18(8-4)10-9-11-20(19)21/h9-11,17,22H,5-8,12-16H2,1-4H3. The molecule has 0 bridgehead atoms. The summed E-state index contributed by atoms with van der Waals surface area (Å²) in [6.45, 7) is 10.0. The Morgan fingerprint density at radius 1 is 0.917 bits per heavy atom. The largest absolute Gasteiger partial charge is 0.416 e. The molecule has 1 heterocycles. The molecule has 1 N–H and O–H groups in total. The van der Waals surface area contributed by atoms with Gasteiger partial charge in [-0.05, 0) is 42.1 Å². The van der Waals surface area contributed by atoms with Crippen LogP contribution < -0.4 is 0 Å². The average molecular weight is 346 g/mol. The molecule has 0 aliphatic carbocycles. The molecule has 24 heavy (non-hydrogen) atoms. The van der Waals surface area contributed by atoms with Gasteiger partial charge in [-0.25, -0.2) is 0 Å². The first kappa shape index (κ1) is 19.3. The molecule has 0 spiro atoms. The van der Waals surface area contributed by atoms with E-state index < -0.39 is 8.32 Å². The smallest absolute Gasteiger partial charge is 0.192 e. The summed E-state index contributed by atoms with van der Waals surface area (Å²) >= 11 is 0. The Balaban J connectivity index is 2.06. The van der Waals surface area contributed by atoms with Crippen LogP contribution in [0.15, 0.2) is 24.4 Å². The molecule has 0 unspecified atom stereocenters.